The summed E-state index contributed by atoms with van der Waals surface area (Å²) < 4.78 is 0. The minimum absolute atomic E-state index is 0.274. The third-order valence-electron chi connectivity index (χ3n) is 2.83. The van der Waals surface area contributed by atoms with E-state index in [0.717, 1.165) is 16.8 Å². The van der Waals surface area contributed by atoms with Crippen LogP contribution >= 0.6 is 0 Å². The molecule has 0 aliphatic carbocycles. The molecule has 2 aromatic rings. The Balaban J connectivity index is 2.02. The van der Waals surface area contributed by atoms with Crippen LogP contribution in [0.25, 0.3) is 5.57 Å². The summed E-state index contributed by atoms with van der Waals surface area (Å²) in [6, 6.07) is 15.5. The predicted octanol–water partition coefficient (Wildman–Crippen LogP) is 4.04. The zero-order valence-electron chi connectivity index (χ0n) is 10.5. The van der Waals surface area contributed by atoms with Crippen LogP contribution in [-0.4, -0.2) is 5.11 Å². The lowest BCUT2D eigenvalue weighted by molar-refractivity contribution is 0.477. The van der Waals surface area contributed by atoms with Crippen molar-refractivity contribution in [2.24, 2.45) is 0 Å². The number of rotatable bonds is 4. The second-order valence-electron chi connectivity index (χ2n) is 4.35. The fourth-order valence-corrected chi connectivity index (χ4v) is 1.73. The minimum Gasteiger partial charge on any atom is -0.506 e. The highest BCUT2D eigenvalue weighted by atomic mass is 16.3. The summed E-state index contributed by atoms with van der Waals surface area (Å²) in [5.41, 5.74) is 4.14. The molecule has 2 aromatic carbocycles. The highest BCUT2D eigenvalue weighted by Crippen LogP contribution is 2.22. The number of phenols is 1. The van der Waals surface area contributed by atoms with Gasteiger partial charge in [-0.1, -0.05) is 48.6 Å². The molecule has 0 radical (unpaired) electrons. The van der Waals surface area contributed by atoms with E-state index in [-0.39, 0.29) is 5.75 Å². The summed E-state index contributed by atoms with van der Waals surface area (Å²) in [6.07, 6.45) is 0. The highest BCUT2D eigenvalue weighted by Gasteiger charge is 1.99. The molecule has 2 heteroatoms. The molecular formula is C16H17NO. The molecule has 0 bridgehead atoms. The van der Waals surface area contributed by atoms with Gasteiger partial charge in [0.1, 0.15) is 5.75 Å². The number of allylic oxidation sites excluding steroid dienone is 1. The first-order valence-electron chi connectivity index (χ1n) is 5.93. The largest absolute Gasteiger partial charge is 0.506 e. The lowest BCUT2D eigenvalue weighted by Gasteiger charge is -2.09. The number of para-hydroxylation sites is 2. The van der Waals surface area contributed by atoms with Crippen LogP contribution in [0.4, 0.5) is 5.69 Å². The lowest BCUT2D eigenvalue weighted by Crippen LogP contribution is -1.99. The van der Waals surface area contributed by atoms with Gasteiger partial charge in [-0.05, 0) is 30.2 Å². The van der Waals surface area contributed by atoms with Crippen LogP contribution in [0.1, 0.15) is 18.1 Å². The van der Waals surface area contributed by atoms with Crippen molar-refractivity contribution >= 4 is 11.3 Å². The molecule has 0 heterocycles. The van der Waals surface area contributed by atoms with Crippen molar-refractivity contribution < 1.29 is 5.11 Å². The van der Waals surface area contributed by atoms with Gasteiger partial charge in [-0.3, -0.25) is 0 Å². The van der Waals surface area contributed by atoms with Crippen molar-refractivity contribution in [1.29, 1.82) is 0 Å². The molecule has 0 amide bonds. The van der Waals surface area contributed by atoms with E-state index in [1.54, 1.807) is 6.07 Å². The van der Waals surface area contributed by atoms with Gasteiger partial charge in [-0.25, -0.2) is 0 Å². The van der Waals surface area contributed by atoms with Gasteiger partial charge in [0.2, 0.25) is 0 Å². The maximum Gasteiger partial charge on any atom is 0.138 e. The molecule has 0 fully saturated rings. The third kappa shape index (κ3) is 2.92. The van der Waals surface area contributed by atoms with E-state index in [2.05, 4.69) is 36.2 Å². The maximum atomic E-state index is 9.63. The normalized spacial score (nSPS) is 10.1. The van der Waals surface area contributed by atoms with Gasteiger partial charge in [-0.2, -0.15) is 0 Å². The summed E-state index contributed by atoms with van der Waals surface area (Å²) in [7, 11) is 0. The van der Waals surface area contributed by atoms with Crippen LogP contribution in [0.15, 0.2) is 55.1 Å². The monoisotopic (exact) mass is 239 g/mol. The van der Waals surface area contributed by atoms with E-state index in [1.807, 2.05) is 25.1 Å². The van der Waals surface area contributed by atoms with Gasteiger partial charge in [0.05, 0.1) is 5.69 Å². The molecule has 0 aliphatic rings. The van der Waals surface area contributed by atoms with Gasteiger partial charge in [0, 0.05) is 6.54 Å². The van der Waals surface area contributed by atoms with E-state index >= 15 is 0 Å². The highest BCUT2D eigenvalue weighted by molar-refractivity contribution is 5.61. The topological polar surface area (TPSA) is 32.3 Å². The Morgan fingerprint density at radius 3 is 2.39 bits per heavy atom. The first-order valence-corrected chi connectivity index (χ1v) is 5.93. The van der Waals surface area contributed by atoms with Crippen molar-refractivity contribution in [3.05, 3.63) is 66.2 Å². The Hall–Kier alpha value is -2.22. The number of phenolic OH excluding ortho intramolecular Hbond substituents is 1. The van der Waals surface area contributed by atoms with Crippen LogP contribution in [-0.2, 0) is 6.54 Å². The SMILES string of the molecule is C=C(C)c1ccc(CNc2ccccc2O)cc1. The standard InChI is InChI=1S/C16H17NO/c1-12(2)14-9-7-13(8-10-14)11-17-15-5-3-4-6-16(15)18/h3-10,17-18H,1,11H2,2H3. The van der Waals surface area contributed by atoms with Gasteiger partial charge < -0.3 is 10.4 Å². The Morgan fingerprint density at radius 1 is 1.11 bits per heavy atom. The molecule has 18 heavy (non-hydrogen) atoms. The van der Waals surface area contributed by atoms with E-state index < -0.39 is 0 Å². The van der Waals surface area contributed by atoms with Gasteiger partial charge >= 0.3 is 0 Å². The Morgan fingerprint density at radius 2 is 1.78 bits per heavy atom. The lowest BCUT2D eigenvalue weighted by atomic mass is 10.1. The minimum atomic E-state index is 0.274. The molecule has 0 aromatic heterocycles. The average Bonchev–Trinajstić information content (AvgIpc) is 2.38. The number of anilines is 1. The zero-order valence-corrected chi connectivity index (χ0v) is 10.5. The summed E-state index contributed by atoms with van der Waals surface area (Å²) >= 11 is 0. The smallest absolute Gasteiger partial charge is 0.138 e. The van der Waals surface area contributed by atoms with Crippen LogP contribution < -0.4 is 5.32 Å². The molecule has 2 N–H and O–H groups in total. The summed E-state index contributed by atoms with van der Waals surface area (Å²) in [4.78, 5) is 0. The Labute approximate surface area is 108 Å². The van der Waals surface area contributed by atoms with Gasteiger partial charge in [0.15, 0.2) is 0 Å². The predicted molar refractivity (Wildman–Crippen MR) is 76.6 cm³/mol. The summed E-state index contributed by atoms with van der Waals surface area (Å²) in [6.45, 7) is 6.60. The second kappa shape index (κ2) is 5.41. The number of aromatic hydroxyl groups is 1. The maximum absolute atomic E-state index is 9.63. The van der Waals surface area contributed by atoms with Crippen LogP contribution in [0.2, 0.25) is 0 Å². The second-order valence-corrected chi connectivity index (χ2v) is 4.35. The molecule has 0 aliphatic heterocycles. The van der Waals surface area contributed by atoms with Crippen molar-refractivity contribution in [2.75, 3.05) is 5.32 Å². The molecule has 0 unspecified atom stereocenters. The molecule has 0 atom stereocenters. The Kier molecular flexibility index (Phi) is 3.68. The summed E-state index contributed by atoms with van der Waals surface area (Å²) in [5, 5.41) is 12.8. The molecule has 2 nitrogen and oxygen atoms in total. The Bertz CT molecular complexity index is 543. The summed E-state index contributed by atoms with van der Waals surface area (Å²) in [5.74, 6) is 0.274. The van der Waals surface area contributed by atoms with Crippen molar-refractivity contribution in [3.8, 4) is 5.75 Å². The van der Waals surface area contributed by atoms with E-state index in [1.165, 1.54) is 5.56 Å². The molecule has 0 saturated carbocycles. The van der Waals surface area contributed by atoms with Gasteiger partial charge in [-0.15, -0.1) is 0 Å². The van der Waals surface area contributed by atoms with Crippen LogP contribution in [0, 0.1) is 0 Å². The van der Waals surface area contributed by atoms with Crippen molar-refractivity contribution in [2.45, 2.75) is 13.5 Å². The van der Waals surface area contributed by atoms with Crippen molar-refractivity contribution in [3.63, 3.8) is 0 Å². The first-order chi connectivity index (χ1) is 8.66. The average molecular weight is 239 g/mol. The number of hydrogen-bond acceptors (Lipinski definition) is 2. The van der Waals surface area contributed by atoms with E-state index in [4.69, 9.17) is 0 Å². The van der Waals surface area contributed by atoms with Crippen LogP contribution in [0.3, 0.4) is 0 Å². The third-order valence-corrected chi connectivity index (χ3v) is 2.83. The number of nitrogens with one attached hydrogen (secondary N) is 1. The van der Waals surface area contributed by atoms with Crippen LogP contribution in [0.5, 0.6) is 5.75 Å². The van der Waals surface area contributed by atoms with Gasteiger partial charge in [0.25, 0.3) is 0 Å². The zero-order chi connectivity index (χ0) is 13.0. The quantitative estimate of drug-likeness (QED) is 0.789. The van der Waals surface area contributed by atoms with E-state index in [9.17, 15) is 5.11 Å². The molecule has 2 rings (SSSR count). The van der Waals surface area contributed by atoms with Crippen molar-refractivity contribution in [1.82, 2.24) is 0 Å². The molecule has 92 valence electrons. The number of benzene rings is 2. The van der Waals surface area contributed by atoms with E-state index in [0.29, 0.717) is 6.54 Å². The fourth-order valence-electron chi connectivity index (χ4n) is 1.73. The fraction of sp³-hybridized carbons (Fsp3) is 0.125. The molecule has 0 saturated heterocycles. The molecular weight excluding hydrogens is 222 g/mol. The number of hydrogen-bond donors (Lipinski definition) is 2. The molecule has 0 spiro atoms. The first kappa shape index (κ1) is 12.2.